The SMILES string of the molecule is N#Cc1c(NC(=O)c2c(Cl)ccc(Cl)c2Cl)oc(-c2ccccc2)c1-c1ccccc1. The standard InChI is InChI=1S/C24H13Cl3N2O2/c25-17-11-12-18(26)21(27)20(17)23(30)29-24-16(13-28)19(14-7-3-1-4-8-14)22(31-24)15-9-5-2-6-10-15/h1-12H,(H,29,30). The van der Waals surface area contributed by atoms with Gasteiger partial charge in [0.25, 0.3) is 5.91 Å². The maximum absolute atomic E-state index is 13.0. The number of hydrogen-bond donors (Lipinski definition) is 1. The number of nitrogens with one attached hydrogen (secondary N) is 1. The van der Waals surface area contributed by atoms with Crippen LogP contribution >= 0.6 is 34.8 Å². The summed E-state index contributed by atoms with van der Waals surface area (Å²) in [5.74, 6) is -0.179. The molecule has 0 aliphatic carbocycles. The number of rotatable bonds is 4. The number of furan rings is 1. The van der Waals surface area contributed by atoms with Crippen molar-refractivity contribution < 1.29 is 9.21 Å². The number of halogens is 3. The Morgan fingerprint density at radius 1 is 0.839 bits per heavy atom. The van der Waals surface area contributed by atoms with Gasteiger partial charge in [-0.3, -0.25) is 10.1 Å². The van der Waals surface area contributed by atoms with Crippen LogP contribution in [-0.4, -0.2) is 5.91 Å². The fourth-order valence-corrected chi connectivity index (χ4v) is 3.90. The molecule has 0 unspecified atom stereocenters. The molecule has 4 aromatic rings. The van der Waals surface area contributed by atoms with Crippen LogP contribution in [0.3, 0.4) is 0 Å². The topological polar surface area (TPSA) is 66.0 Å². The van der Waals surface area contributed by atoms with Crippen LogP contribution in [0.1, 0.15) is 15.9 Å². The highest BCUT2D eigenvalue weighted by atomic mass is 35.5. The van der Waals surface area contributed by atoms with Crippen LogP contribution < -0.4 is 5.32 Å². The molecule has 0 saturated carbocycles. The van der Waals surface area contributed by atoms with Crippen molar-refractivity contribution in [2.45, 2.75) is 0 Å². The van der Waals surface area contributed by atoms with Crippen molar-refractivity contribution in [1.29, 1.82) is 5.26 Å². The smallest absolute Gasteiger partial charge is 0.261 e. The molecule has 1 amide bonds. The molecule has 0 saturated heterocycles. The van der Waals surface area contributed by atoms with E-state index in [1.807, 2.05) is 60.7 Å². The normalized spacial score (nSPS) is 10.5. The van der Waals surface area contributed by atoms with Crippen molar-refractivity contribution in [3.63, 3.8) is 0 Å². The number of carbonyl (C=O) groups is 1. The lowest BCUT2D eigenvalue weighted by Gasteiger charge is -2.08. The summed E-state index contributed by atoms with van der Waals surface area (Å²) in [6.07, 6.45) is 0. The van der Waals surface area contributed by atoms with Gasteiger partial charge in [0, 0.05) is 11.1 Å². The molecule has 7 heteroatoms. The molecule has 152 valence electrons. The highest BCUT2D eigenvalue weighted by Gasteiger charge is 2.26. The van der Waals surface area contributed by atoms with E-state index in [2.05, 4.69) is 11.4 Å². The van der Waals surface area contributed by atoms with Crippen molar-refractivity contribution in [2.75, 3.05) is 5.32 Å². The molecule has 1 aromatic heterocycles. The molecule has 0 aliphatic heterocycles. The summed E-state index contributed by atoms with van der Waals surface area (Å²) < 4.78 is 6.01. The molecule has 0 bridgehead atoms. The summed E-state index contributed by atoms with van der Waals surface area (Å²) in [5, 5.41) is 12.9. The van der Waals surface area contributed by atoms with Crippen molar-refractivity contribution in [2.24, 2.45) is 0 Å². The molecule has 1 heterocycles. The Morgan fingerprint density at radius 2 is 1.42 bits per heavy atom. The Hall–Kier alpha value is -3.23. The fourth-order valence-electron chi connectivity index (χ4n) is 3.20. The second kappa shape index (κ2) is 8.87. The van der Waals surface area contributed by atoms with Gasteiger partial charge in [-0.15, -0.1) is 0 Å². The molecule has 31 heavy (non-hydrogen) atoms. The van der Waals surface area contributed by atoms with Gasteiger partial charge in [0.15, 0.2) is 0 Å². The van der Waals surface area contributed by atoms with Crippen LogP contribution in [0.4, 0.5) is 5.88 Å². The second-order valence-electron chi connectivity index (χ2n) is 6.53. The van der Waals surface area contributed by atoms with Gasteiger partial charge in [-0.2, -0.15) is 5.26 Å². The predicted octanol–water partition coefficient (Wildman–Crippen LogP) is 7.70. The highest BCUT2D eigenvalue weighted by molar-refractivity contribution is 6.46. The van der Waals surface area contributed by atoms with E-state index in [9.17, 15) is 10.1 Å². The first-order chi connectivity index (χ1) is 15.0. The Balaban J connectivity index is 1.87. The molecule has 1 N–H and O–H groups in total. The summed E-state index contributed by atoms with van der Waals surface area (Å²) in [7, 11) is 0. The zero-order valence-electron chi connectivity index (χ0n) is 15.8. The second-order valence-corrected chi connectivity index (χ2v) is 7.72. The number of benzene rings is 3. The first kappa shape index (κ1) is 21.0. The number of hydrogen-bond acceptors (Lipinski definition) is 3. The fraction of sp³-hybridized carbons (Fsp3) is 0. The van der Waals surface area contributed by atoms with Gasteiger partial charge >= 0.3 is 0 Å². The third-order valence-electron chi connectivity index (χ3n) is 4.62. The van der Waals surface area contributed by atoms with E-state index < -0.39 is 5.91 Å². The molecule has 0 atom stereocenters. The average Bonchev–Trinajstić information content (AvgIpc) is 3.16. The minimum absolute atomic E-state index is 0.00125. The quantitative estimate of drug-likeness (QED) is 0.313. The molecule has 0 aliphatic rings. The molecule has 0 radical (unpaired) electrons. The molecular formula is C24H13Cl3N2O2. The minimum atomic E-state index is -0.637. The summed E-state index contributed by atoms with van der Waals surface area (Å²) >= 11 is 18.4. The summed E-state index contributed by atoms with van der Waals surface area (Å²) in [4.78, 5) is 13.0. The number of nitriles is 1. The molecular weight excluding hydrogens is 455 g/mol. The van der Waals surface area contributed by atoms with Gasteiger partial charge < -0.3 is 4.42 Å². The molecule has 3 aromatic carbocycles. The maximum Gasteiger partial charge on any atom is 0.261 e. The zero-order valence-corrected chi connectivity index (χ0v) is 18.1. The largest absolute Gasteiger partial charge is 0.438 e. The first-order valence-corrected chi connectivity index (χ1v) is 10.3. The van der Waals surface area contributed by atoms with Crippen molar-refractivity contribution >= 4 is 46.6 Å². The Bertz CT molecular complexity index is 1310. The molecule has 0 fully saturated rings. The van der Waals surface area contributed by atoms with Gasteiger partial charge in [0.2, 0.25) is 5.88 Å². The van der Waals surface area contributed by atoms with Gasteiger partial charge in [-0.1, -0.05) is 95.5 Å². The summed E-state index contributed by atoms with van der Waals surface area (Å²) in [6, 6.07) is 23.8. The van der Waals surface area contributed by atoms with E-state index in [-0.39, 0.29) is 32.1 Å². The van der Waals surface area contributed by atoms with Crippen LogP contribution in [0.2, 0.25) is 15.1 Å². The van der Waals surface area contributed by atoms with E-state index in [4.69, 9.17) is 39.2 Å². The van der Waals surface area contributed by atoms with Crippen LogP contribution in [-0.2, 0) is 0 Å². The first-order valence-electron chi connectivity index (χ1n) is 9.13. The van der Waals surface area contributed by atoms with Crippen molar-refractivity contribution in [3.8, 4) is 28.5 Å². The van der Waals surface area contributed by atoms with Crippen molar-refractivity contribution in [1.82, 2.24) is 0 Å². The maximum atomic E-state index is 13.0. The number of anilines is 1. The number of amides is 1. The predicted molar refractivity (Wildman–Crippen MR) is 124 cm³/mol. The van der Waals surface area contributed by atoms with Crippen LogP contribution in [0.25, 0.3) is 22.5 Å². The lowest BCUT2D eigenvalue weighted by molar-refractivity contribution is 0.102. The van der Waals surface area contributed by atoms with E-state index in [1.54, 1.807) is 0 Å². The van der Waals surface area contributed by atoms with Crippen LogP contribution in [0.5, 0.6) is 0 Å². The lowest BCUT2D eigenvalue weighted by Crippen LogP contribution is -2.13. The summed E-state index contributed by atoms with van der Waals surface area (Å²) in [6.45, 7) is 0. The molecule has 4 rings (SSSR count). The minimum Gasteiger partial charge on any atom is -0.438 e. The zero-order chi connectivity index (χ0) is 22.0. The number of nitrogens with zero attached hydrogens (tertiary/aromatic N) is 1. The monoisotopic (exact) mass is 466 g/mol. The van der Waals surface area contributed by atoms with Crippen molar-refractivity contribution in [3.05, 3.63) is 99.0 Å². The van der Waals surface area contributed by atoms with E-state index in [0.717, 1.165) is 11.1 Å². The lowest BCUT2D eigenvalue weighted by atomic mass is 9.98. The molecule has 0 spiro atoms. The van der Waals surface area contributed by atoms with E-state index in [1.165, 1.54) is 12.1 Å². The average molecular weight is 468 g/mol. The highest BCUT2D eigenvalue weighted by Crippen LogP contribution is 2.42. The van der Waals surface area contributed by atoms with Crippen LogP contribution in [0, 0.1) is 11.3 Å². The van der Waals surface area contributed by atoms with Gasteiger partial charge in [0.1, 0.15) is 17.4 Å². The van der Waals surface area contributed by atoms with Gasteiger partial charge in [-0.05, 0) is 17.7 Å². The van der Waals surface area contributed by atoms with E-state index >= 15 is 0 Å². The van der Waals surface area contributed by atoms with Gasteiger partial charge in [0.05, 0.1) is 20.6 Å². The van der Waals surface area contributed by atoms with Crippen LogP contribution in [0.15, 0.2) is 77.2 Å². The third kappa shape index (κ3) is 4.04. The third-order valence-corrected chi connectivity index (χ3v) is 5.74. The Labute approximate surface area is 193 Å². The Morgan fingerprint density at radius 3 is 2.03 bits per heavy atom. The molecule has 4 nitrogen and oxygen atoms in total. The number of carbonyl (C=O) groups excluding carboxylic acids is 1. The van der Waals surface area contributed by atoms with E-state index in [0.29, 0.717) is 11.3 Å². The summed E-state index contributed by atoms with van der Waals surface area (Å²) in [5.41, 5.74) is 2.30. The Kier molecular flexibility index (Phi) is 6.01. The van der Waals surface area contributed by atoms with Gasteiger partial charge in [-0.25, -0.2) is 0 Å².